The molecule has 4 N–H and O–H groups in total. The second-order valence-corrected chi connectivity index (χ2v) is 6.39. The summed E-state index contributed by atoms with van der Waals surface area (Å²) in [4.78, 5) is 23.3. The number of hydrogen-bond acceptors (Lipinski definition) is 4. The molecule has 2 amide bonds. The maximum absolute atomic E-state index is 13.2. The summed E-state index contributed by atoms with van der Waals surface area (Å²) in [7, 11) is 0. The van der Waals surface area contributed by atoms with Gasteiger partial charge in [-0.15, -0.1) is 0 Å². The summed E-state index contributed by atoms with van der Waals surface area (Å²) in [5.41, 5.74) is 4.96. The highest BCUT2D eigenvalue weighted by atomic mass is 79.9. The van der Waals surface area contributed by atoms with Crippen molar-refractivity contribution in [3.8, 4) is 0 Å². The second-order valence-electron chi connectivity index (χ2n) is 5.54. The Hall–Kier alpha value is -1.83. The van der Waals surface area contributed by atoms with Gasteiger partial charge in [-0.1, -0.05) is 0 Å². The number of carbonyl (C=O) groups is 2. The SMILES string of the molecule is CC(C)(C)OC(=O)NCCNC(=O)c1cc(N)c(F)cc1Br. The van der Waals surface area contributed by atoms with Crippen molar-refractivity contribution in [1.82, 2.24) is 10.6 Å². The van der Waals surface area contributed by atoms with E-state index >= 15 is 0 Å². The van der Waals surface area contributed by atoms with Crippen LogP contribution in [0.2, 0.25) is 0 Å². The number of halogens is 2. The van der Waals surface area contributed by atoms with Gasteiger partial charge in [-0.25, -0.2) is 9.18 Å². The van der Waals surface area contributed by atoms with Crippen LogP contribution in [-0.4, -0.2) is 30.7 Å². The number of nitrogens with two attached hydrogens (primary N) is 1. The molecule has 1 aromatic carbocycles. The highest BCUT2D eigenvalue weighted by Gasteiger charge is 2.16. The largest absolute Gasteiger partial charge is 0.444 e. The van der Waals surface area contributed by atoms with E-state index < -0.39 is 23.4 Å². The molecule has 0 aliphatic heterocycles. The van der Waals surface area contributed by atoms with Gasteiger partial charge >= 0.3 is 6.09 Å². The molecule has 0 spiro atoms. The van der Waals surface area contributed by atoms with Crippen molar-refractivity contribution in [2.24, 2.45) is 0 Å². The van der Waals surface area contributed by atoms with Crippen LogP contribution >= 0.6 is 15.9 Å². The summed E-state index contributed by atoms with van der Waals surface area (Å²) in [5.74, 6) is -1.03. The molecule has 0 unspecified atom stereocenters. The number of alkyl carbamates (subject to hydrolysis) is 1. The standard InChI is InChI=1S/C14H19BrFN3O3/c1-14(2,3)22-13(21)19-5-4-18-12(20)8-6-11(17)10(16)7-9(8)15/h6-7H,4-5,17H2,1-3H3,(H,18,20)(H,19,21). The number of carbonyl (C=O) groups excluding carboxylic acids is 2. The van der Waals surface area contributed by atoms with Crippen molar-refractivity contribution < 1.29 is 18.7 Å². The first-order chi connectivity index (χ1) is 10.1. The normalized spacial score (nSPS) is 11.0. The number of nitrogen functional groups attached to an aromatic ring is 1. The maximum atomic E-state index is 13.2. The van der Waals surface area contributed by atoms with Crippen LogP contribution in [0.1, 0.15) is 31.1 Å². The van der Waals surface area contributed by atoms with E-state index in [1.165, 1.54) is 6.07 Å². The molecule has 0 fully saturated rings. The van der Waals surface area contributed by atoms with Crippen LogP contribution in [0.5, 0.6) is 0 Å². The molecule has 0 radical (unpaired) electrons. The fourth-order valence-electron chi connectivity index (χ4n) is 1.49. The minimum Gasteiger partial charge on any atom is -0.444 e. The summed E-state index contributed by atoms with van der Waals surface area (Å²) in [6.45, 7) is 5.66. The molecule has 0 bridgehead atoms. The molecule has 1 aromatic rings. The zero-order valence-electron chi connectivity index (χ0n) is 12.6. The fourth-order valence-corrected chi connectivity index (χ4v) is 1.99. The highest BCUT2D eigenvalue weighted by molar-refractivity contribution is 9.10. The third-order valence-corrected chi connectivity index (χ3v) is 3.07. The molecule has 0 atom stereocenters. The van der Waals surface area contributed by atoms with Crippen molar-refractivity contribution in [3.63, 3.8) is 0 Å². The number of rotatable bonds is 4. The summed E-state index contributed by atoms with van der Waals surface area (Å²) in [6.07, 6.45) is -0.561. The van der Waals surface area contributed by atoms with Gasteiger partial charge in [0.05, 0.1) is 11.3 Å². The molecule has 6 nitrogen and oxygen atoms in total. The first kappa shape index (κ1) is 18.2. The van der Waals surface area contributed by atoms with E-state index in [4.69, 9.17) is 10.5 Å². The van der Waals surface area contributed by atoms with Gasteiger partial charge in [0.1, 0.15) is 11.4 Å². The molecule has 0 aromatic heterocycles. The van der Waals surface area contributed by atoms with Crippen molar-refractivity contribution in [2.45, 2.75) is 26.4 Å². The van der Waals surface area contributed by atoms with E-state index in [1.54, 1.807) is 20.8 Å². The molecule has 22 heavy (non-hydrogen) atoms. The summed E-state index contributed by atoms with van der Waals surface area (Å²) < 4.78 is 18.6. The lowest BCUT2D eigenvalue weighted by Gasteiger charge is -2.19. The second kappa shape index (κ2) is 7.44. The molecule has 8 heteroatoms. The van der Waals surface area contributed by atoms with Gasteiger partial charge in [0.25, 0.3) is 5.91 Å². The Morgan fingerprint density at radius 2 is 1.86 bits per heavy atom. The van der Waals surface area contributed by atoms with E-state index in [2.05, 4.69) is 26.6 Å². The molecule has 0 aliphatic carbocycles. The molecular formula is C14H19BrFN3O3. The van der Waals surface area contributed by atoms with Crippen molar-refractivity contribution in [3.05, 3.63) is 28.0 Å². The lowest BCUT2D eigenvalue weighted by Crippen LogP contribution is -2.37. The Balaban J connectivity index is 2.44. The Labute approximate surface area is 136 Å². The first-order valence-corrected chi connectivity index (χ1v) is 7.39. The third kappa shape index (κ3) is 5.88. The Bertz CT molecular complexity index is 573. The Morgan fingerprint density at radius 1 is 1.27 bits per heavy atom. The van der Waals surface area contributed by atoms with Crippen molar-refractivity contribution >= 4 is 33.6 Å². The minimum absolute atomic E-state index is 0.111. The van der Waals surface area contributed by atoms with E-state index in [0.717, 1.165) is 6.07 Å². The lowest BCUT2D eigenvalue weighted by molar-refractivity contribution is 0.0526. The number of hydrogen-bond donors (Lipinski definition) is 3. The van der Waals surface area contributed by atoms with Crippen LogP contribution in [0, 0.1) is 5.82 Å². The van der Waals surface area contributed by atoms with E-state index in [1.807, 2.05) is 0 Å². The zero-order chi connectivity index (χ0) is 16.9. The van der Waals surface area contributed by atoms with Gasteiger partial charge < -0.3 is 21.1 Å². The molecule has 122 valence electrons. The molecule has 0 saturated heterocycles. The fraction of sp³-hybridized carbons (Fsp3) is 0.429. The van der Waals surface area contributed by atoms with Gasteiger partial charge in [-0.3, -0.25) is 4.79 Å². The number of ether oxygens (including phenoxy) is 1. The first-order valence-electron chi connectivity index (χ1n) is 6.59. The van der Waals surface area contributed by atoms with Gasteiger partial charge in [-0.05, 0) is 48.8 Å². The number of nitrogens with one attached hydrogen (secondary N) is 2. The van der Waals surface area contributed by atoms with E-state index in [9.17, 15) is 14.0 Å². The molecule has 0 heterocycles. The minimum atomic E-state index is -0.602. The lowest BCUT2D eigenvalue weighted by atomic mass is 10.2. The number of anilines is 1. The summed E-state index contributed by atoms with van der Waals surface area (Å²) in [5, 5.41) is 5.10. The van der Waals surface area contributed by atoms with Crippen LogP contribution in [0.15, 0.2) is 16.6 Å². The summed E-state index contributed by atoms with van der Waals surface area (Å²) >= 11 is 3.10. The smallest absolute Gasteiger partial charge is 0.407 e. The Kier molecular flexibility index (Phi) is 6.16. The average Bonchev–Trinajstić information content (AvgIpc) is 2.36. The van der Waals surface area contributed by atoms with Crippen LogP contribution in [0.3, 0.4) is 0 Å². The van der Waals surface area contributed by atoms with Gasteiger partial charge in [0, 0.05) is 17.6 Å². The van der Waals surface area contributed by atoms with E-state index in [0.29, 0.717) is 4.47 Å². The summed E-state index contributed by atoms with van der Waals surface area (Å²) in [6, 6.07) is 2.37. The molecule has 1 rings (SSSR count). The van der Waals surface area contributed by atoms with Gasteiger partial charge in [0.15, 0.2) is 0 Å². The highest BCUT2D eigenvalue weighted by Crippen LogP contribution is 2.22. The topological polar surface area (TPSA) is 93.5 Å². The quantitative estimate of drug-likeness (QED) is 0.556. The zero-order valence-corrected chi connectivity index (χ0v) is 14.2. The van der Waals surface area contributed by atoms with Gasteiger partial charge in [-0.2, -0.15) is 0 Å². The van der Waals surface area contributed by atoms with Crippen molar-refractivity contribution in [1.29, 1.82) is 0 Å². The predicted molar refractivity (Wildman–Crippen MR) is 85.1 cm³/mol. The van der Waals surface area contributed by atoms with Crippen LogP contribution in [0.25, 0.3) is 0 Å². The molecular weight excluding hydrogens is 357 g/mol. The van der Waals surface area contributed by atoms with Gasteiger partial charge in [0.2, 0.25) is 0 Å². The monoisotopic (exact) mass is 375 g/mol. The molecule has 0 saturated carbocycles. The molecule has 0 aliphatic rings. The van der Waals surface area contributed by atoms with Crippen molar-refractivity contribution in [2.75, 3.05) is 18.8 Å². The van der Waals surface area contributed by atoms with Crippen LogP contribution in [0.4, 0.5) is 14.9 Å². The Morgan fingerprint density at radius 3 is 2.45 bits per heavy atom. The van der Waals surface area contributed by atoms with E-state index in [-0.39, 0.29) is 24.3 Å². The predicted octanol–water partition coefficient (Wildman–Crippen LogP) is 2.42. The number of benzene rings is 1. The van der Waals surface area contributed by atoms with Crippen LogP contribution < -0.4 is 16.4 Å². The van der Waals surface area contributed by atoms with Crippen LogP contribution in [-0.2, 0) is 4.74 Å². The maximum Gasteiger partial charge on any atom is 0.407 e. The number of amides is 2. The average molecular weight is 376 g/mol. The third-order valence-electron chi connectivity index (χ3n) is 2.41.